The van der Waals surface area contributed by atoms with Crippen LogP contribution >= 0.6 is 27.5 Å². The van der Waals surface area contributed by atoms with Crippen LogP contribution in [0.2, 0.25) is 5.02 Å². The molecule has 2 rings (SSSR count). The average molecular weight is 261 g/mol. The number of rotatable bonds is 0. The lowest BCUT2D eigenvalue weighted by molar-refractivity contribution is 0.0946. The zero-order valence-corrected chi connectivity index (χ0v) is 9.08. The van der Waals surface area contributed by atoms with Crippen LogP contribution in [0.25, 0.3) is 0 Å². The highest BCUT2D eigenvalue weighted by Gasteiger charge is 2.17. The molecule has 1 aromatic rings. The molecule has 1 aliphatic rings. The van der Waals surface area contributed by atoms with E-state index in [9.17, 15) is 4.79 Å². The van der Waals surface area contributed by atoms with Gasteiger partial charge in [0.05, 0.1) is 5.02 Å². The second-order valence-corrected chi connectivity index (χ2v) is 4.19. The Morgan fingerprint density at radius 2 is 2.23 bits per heavy atom. The Kier molecular flexibility index (Phi) is 2.30. The first-order chi connectivity index (χ1) is 6.18. The summed E-state index contributed by atoms with van der Waals surface area (Å²) in [6, 6.07) is 3.62. The van der Waals surface area contributed by atoms with E-state index in [0.717, 1.165) is 22.0 Å². The molecule has 1 heterocycles. The number of hydrogen-bond acceptors (Lipinski definition) is 1. The van der Waals surface area contributed by atoms with Crippen LogP contribution in [-0.4, -0.2) is 12.5 Å². The third kappa shape index (κ3) is 1.58. The van der Waals surface area contributed by atoms with E-state index in [2.05, 4.69) is 21.2 Å². The van der Waals surface area contributed by atoms with Crippen LogP contribution in [0.15, 0.2) is 16.6 Å². The zero-order chi connectivity index (χ0) is 9.42. The van der Waals surface area contributed by atoms with E-state index in [0.29, 0.717) is 11.6 Å². The van der Waals surface area contributed by atoms with E-state index < -0.39 is 0 Å². The molecule has 68 valence electrons. The van der Waals surface area contributed by atoms with Crippen LogP contribution in [0.1, 0.15) is 15.9 Å². The number of carbonyl (C=O) groups is 1. The van der Waals surface area contributed by atoms with Crippen molar-refractivity contribution < 1.29 is 4.79 Å². The Morgan fingerprint density at radius 3 is 3.00 bits per heavy atom. The largest absolute Gasteiger partial charge is 0.352 e. The summed E-state index contributed by atoms with van der Waals surface area (Å²) in [7, 11) is 0. The highest BCUT2D eigenvalue weighted by Crippen LogP contribution is 2.27. The molecule has 0 spiro atoms. The van der Waals surface area contributed by atoms with E-state index in [1.54, 1.807) is 6.07 Å². The maximum atomic E-state index is 11.4. The first kappa shape index (κ1) is 9.03. The summed E-state index contributed by atoms with van der Waals surface area (Å²) in [5.41, 5.74) is 1.75. The number of carbonyl (C=O) groups excluding carboxylic acids is 1. The van der Waals surface area contributed by atoms with E-state index in [1.165, 1.54) is 0 Å². The maximum absolute atomic E-state index is 11.4. The minimum atomic E-state index is -0.0152. The summed E-state index contributed by atoms with van der Waals surface area (Å²) in [5.74, 6) is -0.0152. The molecule has 1 aliphatic heterocycles. The summed E-state index contributed by atoms with van der Waals surface area (Å²) in [6.45, 7) is 0.698. The maximum Gasteiger partial charge on any atom is 0.251 e. The molecule has 0 saturated heterocycles. The van der Waals surface area contributed by atoms with Crippen molar-refractivity contribution in [1.29, 1.82) is 0 Å². The Bertz CT molecular complexity index is 378. The van der Waals surface area contributed by atoms with Crippen molar-refractivity contribution in [2.45, 2.75) is 6.42 Å². The molecule has 1 aromatic carbocycles. The highest BCUT2D eigenvalue weighted by molar-refractivity contribution is 9.10. The highest BCUT2D eigenvalue weighted by atomic mass is 79.9. The monoisotopic (exact) mass is 259 g/mol. The molecule has 0 bridgehead atoms. The van der Waals surface area contributed by atoms with E-state index >= 15 is 0 Å². The number of benzene rings is 1. The summed E-state index contributed by atoms with van der Waals surface area (Å²) in [6.07, 6.45) is 0.855. The normalized spacial score (nSPS) is 15.1. The van der Waals surface area contributed by atoms with Gasteiger partial charge in [0.15, 0.2) is 0 Å². The van der Waals surface area contributed by atoms with Crippen molar-refractivity contribution in [1.82, 2.24) is 5.32 Å². The van der Waals surface area contributed by atoms with Crippen LogP contribution in [-0.2, 0) is 6.42 Å². The Morgan fingerprint density at radius 1 is 1.46 bits per heavy atom. The van der Waals surface area contributed by atoms with Crippen molar-refractivity contribution in [2.24, 2.45) is 0 Å². The molecule has 0 fully saturated rings. The Labute approximate surface area is 89.4 Å². The molecule has 0 aromatic heterocycles. The van der Waals surface area contributed by atoms with Gasteiger partial charge in [-0.2, -0.15) is 0 Å². The minimum absolute atomic E-state index is 0.0152. The van der Waals surface area contributed by atoms with Gasteiger partial charge >= 0.3 is 0 Å². The van der Waals surface area contributed by atoms with Crippen molar-refractivity contribution >= 4 is 33.4 Å². The van der Waals surface area contributed by atoms with Gasteiger partial charge in [0, 0.05) is 16.6 Å². The quantitative estimate of drug-likeness (QED) is 0.762. The van der Waals surface area contributed by atoms with Gasteiger partial charge in [-0.1, -0.05) is 11.6 Å². The minimum Gasteiger partial charge on any atom is -0.352 e. The SMILES string of the molecule is O=C1NCCc2cc(Cl)c(Br)cc21. The molecule has 0 saturated carbocycles. The number of nitrogens with one attached hydrogen (secondary N) is 1. The molecular formula is C9H7BrClNO. The van der Waals surface area contributed by atoms with Gasteiger partial charge in [-0.15, -0.1) is 0 Å². The number of hydrogen-bond donors (Lipinski definition) is 1. The lowest BCUT2D eigenvalue weighted by Gasteiger charge is -2.16. The van der Waals surface area contributed by atoms with Crippen molar-refractivity contribution in [3.05, 3.63) is 32.8 Å². The predicted octanol–water partition coefficient (Wildman–Crippen LogP) is 2.39. The zero-order valence-electron chi connectivity index (χ0n) is 6.73. The molecule has 0 unspecified atom stereocenters. The van der Waals surface area contributed by atoms with Crippen LogP contribution in [0.5, 0.6) is 0 Å². The lowest BCUT2D eigenvalue weighted by atomic mass is 10.0. The molecular weight excluding hydrogens is 253 g/mol. The third-order valence-electron chi connectivity index (χ3n) is 2.07. The van der Waals surface area contributed by atoms with Gasteiger partial charge in [-0.05, 0) is 40.0 Å². The van der Waals surface area contributed by atoms with Crippen molar-refractivity contribution in [3.8, 4) is 0 Å². The van der Waals surface area contributed by atoms with Crippen LogP contribution in [0.3, 0.4) is 0 Å². The van der Waals surface area contributed by atoms with Crippen LogP contribution in [0, 0.1) is 0 Å². The van der Waals surface area contributed by atoms with E-state index in [1.807, 2.05) is 6.07 Å². The molecule has 2 nitrogen and oxygen atoms in total. The van der Waals surface area contributed by atoms with Crippen LogP contribution < -0.4 is 5.32 Å². The summed E-state index contributed by atoms with van der Waals surface area (Å²) in [4.78, 5) is 11.4. The van der Waals surface area contributed by atoms with Crippen molar-refractivity contribution in [3.63, 3.8) is 0 Å². The van der Waals surface area contributed by atoms with Gasteiger partial charge in [0.2, 0.25) is 0 Å². The molecule has 1 N–H and O–H groups in total. The first-order valence-corrected chi connectivity index (χ1v) is 5.11. The second kappa shape index (κ2) is 3.31. The summed E-state index contributed by atoms with van der Waals surface area (Å²) in [5, 5.41) is 3.44. The topological polar surface area (TPSA) is 29.1 Å². The van der Waals surface area contributed by atoms with E-state index in [-0.39, 0.29) is 5.91 Å². The van der Waals surface area contributed by atoms with E-state index in [4.69, 9.17) is 11.6 Å². The van der Waals surface area contributed by atoms with Gasteiger partial charge in [0.25, 0.3) is 5.91 Å². The van der Waals surface area contributed by atoms with Gasteiger partial charge in [-0.25, -0.2) is 0 Å². The average Bonchev–Trinajstić information content (AvgIpc) is 2.09. The smallest absolute Gasteiger partial charge is 0.251 e. The third-order valence-corrected chi connectivity index (χ3v) is 3.27. The number of fused-ring (bicyclic) bond motifs is 1. The summed E-state index contributed by atoms with van der Waals surface area (Å²) >= 11 is 9.20. The predicted molar refractivity (Wildman–Crippen MR) is 55.2 cm³/mol. The molecule has 1 amide bonds. The fourth-order valence-corrected chi connectivity index (χ4v) is 1.94. The first-order valence-electron chi connectivity index (χ1n) is 3.94. The molecule has 4 heteroatoms. The van der Waals surface area contributed by atoms with Gasteiger partial charge < -0.3 is 5.32 Å². The fraction of sp³-hybridized carbons (Fsp3) is 0.222. The fourth-order valence-electron chi connectivity index (χ4n) is 1.41. The number of amides is 1. The Hall–Kier alpha value is -0.540. The second-order valence-electron chi connectivity index (χ2n) is 2.93. The molecule has 0 radical (unpaired) electrons. The van der Waals surface area contributed by atoms with Crippen LogP contribution in [0.4, 0.5) is 0 Å². The molecule has 0 atom stereocenters. The summed E-state index contributed by atoms with van der Waals surface area (Å²) < 4.78 is 0.768. The van der Waals surface area contributed by atoms with Gasteiger partial charge in [0.1, 0.15) is 0 Å². The van der Waals surface area contributed by atoms with Crippen molar-refractivity contribution in [2.75, 3.05) is 6.54 Å². The standard InChI is InChI=1S/C9H7BrClNO/c10-7-4-6-5(3-8(7)11)1-2-12-9(6)13/h3-4H,1-2H2,(H,12,13). The number of halogens is 2. The molecule has 0 aliphatic carbocycles. The lowest BCUT2D eigenvalue weighted by Crippen LogP contribution is -2.31. The molecule has 13 heavy (non-hydrogen) atoms. The Balaban J connectivity index is 2.58. The van der Waals surface area contributed by atoms with Gasteiger partial charge in [-0.3, -0.25) is 4.79 Å².